The molecule has 2 heterocycles. The second-order valence-electron chi connectivity index (χ2n) is 7.01. The number of carbonyl (C=O) groups excluding carboxylic acids is 1. The van der Waals surface area contributed by atoms with Gasteiger partial charge in [-0.2, -0.15) is 0 Å². The van der Waals surface area contributed by atoms with E-state index < -0.39 is 11.4 Å². The Morgan fingerprint density at radius 3 is 2.72 bits per heavy atom. The van der Waals surface area contributed by atoms with Gasteiger partial charge in [-0.05, 0) is 38.0 Å². The first-order valence-corrected chi connectivity index (χ1v) is 9.03. The molecular formula is C17H21Cl2N3O3. The van der Waals surface area contributed by atoms with Crippen molar-refractivity contribution >= 4 is 40.9 Å². The van der Waals surface area contributed by atoms with Gasteiger partial charge >= 0.3 is 12.0 Å². The van der Waals surface area contributed by atoms with Crippen LogP contribution >= 0.6 is 23.2 Å². The molecule has 6 nitrogen and oxygen atoms in total. The lowest BCUT2D eigenvalue weighted by molar-refractivity contribution is -0.146. The van der Waals surface area contributed by atoms with Gasteiger partial charge in [-0.3, -0.25) is 4.79 Å². The van der Waals surface area contributed by atoms with E-state index in [1.807, 2.05) is 6.07 Å². The van der Waals surface area contributed by atoms with Gasteiger partial charge in [-0.25, -0.2) is 4.79 Å². The molecule has 0 spiro atoms. The standard InChI is InChI=1S/C17H21Cl2N3O3/c1-17(15(23)24)5-7-22(10-17)16(25)20-12-4-6-21(9-12)14-3-2-11(18)8-13(14)19/h2-3,8,12H,4-7,9-10H2,1H3,(H,20,25)(H,23,24). The summed E-state index contributed by atoms with van der Waals surface area (Å²) in [6.45, 7) is 3.85. The Bertz CT molecular complexity index is 700. The second kappa shape index (κ2) is 6.92. The highest BCUT2D eigenvalue weighted by Gasteiger charge is 2.42. The molecule has 2 aliphatic rings. The average molecular weight is 386 g/mol. The minimum absolute atomic E-state index is 0.0101. The number of hydrogen-bond donors (Lipinski definition) is 2. The SMILES string of the molecule is CC1(C(=O)O)CCN(C(=O)NC2CCN(c3ccc(Cl)cc3Cl)C2)C1. The van der Waals surface area contributed by atoms with E-state index in [0.29, 0.717) is 29.6 Å². The fraction of sp³-hybridized carbons (Fsp3) is 0.529. The predicted molar refractivity (Wildman–Crippen MR) is 97.5 cm³/mol. The highest BCUT2D eigenvalue weighted by atomic mass is 35.5. The third-order valence-corrected chi connectivity index (χ3v) is 5.58. The third kappa shape index (κ3) is 3.80. The van der Waals surface area contributed by atoms with Crippen LogP contribution in [-0.4, -0.2) is 54.2 Å². The molecule has 0 bridgehead atoms. The van der Waals surface area contributed by atoms with Crippen LogP contribution < -0.4 is 10.2 Å². The van der Waals surface area contributed by atoms with Crippen molar-refractivity contribution < 1.29 is 14.7 Å². The van der Waals surface area contributed by atoms with Crippen LogP contribution in [0.1, 0.15) is 19.8 Å². The largest absolute Gasteiger partial charge is 0.481 e. The van der Waals surface area contributed by atoms with Crippen molar-refractivity contribution in [1.82, 2.24) is 10.2 Å². The first-order chi connectivity index (χ1) is 11.8. The molecular weight excluding hydrogens is 365 g/mol. The molecule has 2 saturated heterocycles. The topological polar surface area (TPSA) is 72.9 Å². The van der Waals surface area contributed by atoms with Crippen molar-refractivity contribution in [3.8, 4) is 0 Å². The lowest BCUT2D eigenvalue weighted by atomic mass is 9.90. The van der Waals surface area contributed by atoms with Crippen molar-refractivity contribution in [3.05, 3.63) is 28.2 Å². The van der Waals surface area contributed by atoms with Crippen LogP contribution in [0.5, 0.6) is 0 Å². The molecule has 1 aromatic rings. The molecule has 2 N–H and O–H groups in total. The molecule has 136 valence electrons. The maximum Gasteiger partial charge on any atom is 0.317 e. The lowest BCUT2D eigenvalue weighted by Gasteiger charge is -2.23. The number of anilines is 1. The average Bonchev–Trinajstić information content (AvgIpc) is 3.15. The zero-order chi connectivity index (χ0) is 18.2. The summed E-state index contributed by atoms with van der Waals surface area (Å²) >= 11 is 12.2. The molecule has 2 unspecified atom stereocenters. The highest BCUT2D eigenvalue weighted by Crippen LogP contribution is 2.32. The molecule has 2 amide bonds. The van der Waals surface area contributed by atoms with Gasteiger partial charge in [0, 0.05) is 37.2 Å². The molecule has 0 aliphatic carbocycles. The first kappa shape index (κ1) is 18.1. The molecule has 2 aliphatic heterocycles. The number of rotatable bonds is 3. The highest BCUT2D eigenvalue weighted by molar-refractivity contribution is 6.36. The molecule has 0 aromatic heterocycles. The zero-order valence-electron chi connectivity index (χ0n) is 14.0. The molecule has 0 radical (unpaired) electrons. The number of aliphatic carboxylic acids is 1. The monoisotopic (exact) mass is 385 g/mol. The second-order valence-corrected chi connectivity index (χ2v) is 7.86. The van der Waals surface area contributed by atoms with E-state index in [0.717, 1.165) is 18.7 Å². The van der Waals surface area contributed by atoms with Crippen LogP contribution in [0.2, 0.25) is 10.0 Å². The minimum Gasteiger partial charge on any atom is -0.481 e. The summed E-state index contributed by atoms with van der Waals surface area (Å²) in [6.07, 6.45) is 1.29. The molecule has 8 heteroatoms. The summed E-state index contributed by atoms with van der Waals surface area (Å²) in [7, 11) is 0. The summed E-state index contributed by atoms with van der Waals surface area (Å²) in [5.74, 6) is -0.854. The quantitative estimate of drug-likeness (QED) is 0.838. The number of benzene rings is 1. The first-order valence-electron chi connectivity index (χ1n) is 8.27. The number of halogens is 2. The number of carboxylic acid groups (broad SMARTS) is 1. The molecule has 25 heavy (non-hydrogen) atoms. The molecule has 1 aromatic carbocycles. The lowest BCUT2D eigenvalue weighted by Crippen LogP contribution is -2.46. The van der Waals surface area contributed by atoms with Gasteiger partial charge in [0.25, 0.3) is 0 Å². The Morgan fingerprint density at radius 2 is 2.08 bits per heavy atom. The number of nitrogens with one attached hydrogen (secondary N) is 1. The van der Waals surface area contributed by atoms with Crippen LogP contribution in [0.4, 0.5) is 10.5 Å². The summed E-state index contributed by atoms with van der Waals surface area (Å²) < 4.78 is 0. The smallest absolute Gasteiger partial charge is 0.317 e. The van der Waals surface area contributed by atoms with E-state index in [-0.39, 0.29) is 18.6 Å². The van der Waals surface area contributed by atoms with Crippen molar-refractivity contribution in [2.24, 2.45) is 5.41 Å². The van der Waals surface area contributed by atoms with Gasteiger partial charge in [-0.15, -0.1) is 0 Å². The van der Waals surface area contributed by atoms with E-state index in [4.69, 9.17) is 23.2 Å². The van der Waals surface area contributed by atoms with Gasteiger partial charge in [0.1, 0.15) is 0 Å². The van der Waals surface area contributed by atoms with E-state index >= 15 is 0 Å². The van der Waals surface area contributed by atoms with Crippen molar-refractivity contribution in [3.63, 3.8) is 0 Å². The van der Waals surface area contributed by atoms with Crippen LogP contribution in [0.15, 0.2) is 18.2 Å². The summed E-state index contributed by atoms with van der Waals surface area (Å²) in [4.78, 5) is 27.4. The fourth-order valence-corrected chi connectivity index (χ4v) is 3.94. The van der Waals surface area contributed by atoms with Crippen molar-refractivity contribution in [2.75, 3.05) is 31.1 Å². The number of nitrogens with zero attached hydrogens (tertiary/aromatic N) is 2. The number of likely N-dealkylation sites (tertiary alicyclic amines) is 1. The maximum atomic E-state index is 12.4. The van der Waals surface area contributed by atoms with Gasteiger partial charge in [0.2, 0.25) is 0 Å². The minimum atomic E-state index is -0.854. The Hall–Kier alpha value is -1.66. The Morgan fingerprint density at radius 1 is 1.32 bits per heavy atom. The number of carboxylic acids is 1. The van der Waals surface area contributed by atoms with Gasteiger partial charge in [-0.1, -0.05) is 23.2 Å². The summed E-state index contributed by atoms with van der Waals surface area (Å²) in [5, 5.41) is 13.5. The predicted octanol–water partition coefficient (Wildman–Crippen LogP) is 3.08. The van der Waals surface area contributed by atoms with Crippen LogP contribution in [0.25, 0.3) is 0 Å². The number of urea groups is 1. The molecule has 3 rings (SSSR count). The molecule has 2 atom stereocenters. The number of amides is 2. The van der Waals surface area contributed by atoms with Gasteiger partial charge < -0.3 is 20.2 Å². The summed E-state index contributed by atoms with van der Waals surface area (Å²) in [6, 6.07) is 5.20. The van der Waals surface area contributed by atoms with Gasteiger partial charge in [0.05, 0.1) is 16.1 Å². The fourth-order valence-electron chi connectivity index (χ4n) is 3.41. The number of hydrogen-bond acceptors (Lipinski definition) is 3. The van der Waals surface area contributed by atoms with Crippen molar-refractivity contribution in [1.29, 1.82) is 0 Å². The Kier molecular flexibility index (Phi) is 5.02. The maximum absolute atomic E-state index is 12.4. The summed E-state index contributed by atoms with van der Waals surface area (Å²) in [5.41, 5.74) is 0.0537. The van der Waals surface area contributed by atoms with Crippen LogP contribution in [-0.2, 0) is 4.79 Å². The number of carbonyl (C=O) groups is 2. The van der Waals surface area contributed by atoms with Gasteiger partial charge in [0.15, 0.2) is 0 Å². The molecule has 2 fully saturated rings. The normalized spacial score (nSPS) is 26.1. The van der Waals surface area contributed by atoms with Crippen LogP contribution in [0.3, 0.4) is 0 Å². The van der Waals surface area contributed by atoms with E-state index in [9.17, 15) is 14.7 Å². The van der Waals surface area contributed by atoms with E-state index in [1.54, 1.807) is 24.0 Å². The van der Waals surface area contributed by atoms with E-state index in [1.165, 1.54) is 0 Å². The Labute approximate surface area is 156 Å². The third-order valence-electron chi connectivity index (χ3n) is 5.04. The Balaban J connectivity index is 1.56. The van der Waals surface area contributed by atoms with Crippen LogP contribution in [0, 0.1) is 5.41 Å². The van der Waals surface area contributed by atoms with E-state index in [2.05, 4.69) is 10.2 Å². The van der Waals surface area contributed by atoms with Crippen molar-refractivity contribution in [2.45, 2.75) is 25.8 Å². The molecule has 0 saturated carbocycles. The zero-order valence-corrected chi connectivity index (χ0v) is 15.5.